The van der Waals surface area contributed by atoms with Gasteiger partial charge in [0.2, 0.25) is 0 Å². The predicted octanol–water partition coefficient (Wildman–Crippen LogP) is 7.34. The zero-order chi connectivity index (χ0) is 21.3. The van der Waals surface area contributed by atoms with Crippen molar-refractivity contribution >= 4 is 53.2 Å². The molecule has 5 nitrogen and oxygen atoms in total. The Bertz CT molecular complexity index is 653. The molecule has 2 rings (SSSR count). The van der Waals surface area contributed by atoms with E-state index in [0.717, 1.165) is 25.1 Å². The molecule has 1 aliphatic heterocycles. The van der Waals surface area contributed by atoms with E-state index in [9.17, 15) is 9.90 Å². The molecule has 0 radical (unpaired) electrons. The number of fused-ring (bicyclic) bond motifs is 1. The Morgan fingerprint density at radius 3 is 2.48 bits per heavy atom. The lowest BCUT2D eigenvalue weighted by Gasteiger charge is -2.23. The summed E-state index contributed by atoms with van der Waals surface area (Å²) in [6.45, 7) is 10.7. The number of unbranched alkanes of at least 4 members (excludes halogenated alkanes) is 2. The maximum atomic E-state index is 11.9. The molecule has 0 bridgehead atoms. The molecular formula is C20H32N2O3S4. The van der Waals surface area contributed by atoms with Gasteiger partial charge in [0.15, 0.2) is 0 Å². The number of ether oxygens (including phenoxy) is 1. The standard InChI is InChI=1S/C20H32N2O3S4/c1-5-7-12-21(13-8-6-2)27-29-28-26-15-22(19(23)24)17-11-9-10-16-14-20(3,4)25-18(16)17/h9-11H,5-8,12-15H2,1-4H3,(H,23,24). The van der Waals surface area contributed by atoms with E-state index < -0.39 is 6.09 Å². The molecule has 0 saturated carbocycles. The second-order valence-electron chi connectivity index (χ2n) is 7.61. The summed E-state index contributed by atoms with van der Waals surface area (Å²) in [4.78, 5) is 13.3. The summed E-state index contributed by atoms with van der Waals surface area (Å²) < 4.78 is 8.47. The molecule has 1 heterocycles. The van der Waals surface area contributed by atoms with Gasteiger partial charge in [0, 0.05) is 45.9 Å². The normalized spacial score (nSPS) is 14.7. The highest BCUT2D eigenvalue weighted by Crippen LogP contribution is 2.47. The number of hydrogen-bond donors (Lipinski definition) is 1. The van der Waals surface area contributed by atoms with Crippen LogP contribution in [0, 0.1) is 0 Å². The van der Waals surface area contributed by atoms with E-state index in [1.165, 1.54) is 30.6 Å². The summed E-state index contributed by atoms with van der Waals surface area (Å²) in [6, 6.07) is 5.76. The third-order valence-corrected chi connectivity index (χ3v) is 10.7. The van der Waals surface area contributed by atoms with Crippen LogP contribution in [0.2, 0.25) is 0 Å². The summed E-state index contributed by atoms with van der Waals surface area (Å²) in [5.74, 6) is 1.07. The van der Waals surface area contributed by atoms with Crippen LogP contribution < -0.4 is 9.64 Å². The van der Waals surface area contributed by atoms with Gasteiger partial charge in [-0.15, -0.1) is 0 Å². The molecular weight excluding hydrogens is 444 g/mol. The van der Waals surface area contributed by atoms with Crippen LogP contribution in [0.3, 0.4) is 0 Å². The number of anilines is 1. The summed E-state index contributed by atoms with van der Waals surface area (Å²) in [5.41, 5.74) is 1.42. The Balaban J connectivity index is 1.87. The molecule has 0 aliphatic carbocycles. The van der Waals surface area contributed by atoms with E-state index in [4.69, 9.17) is 4.74 Å². The summed E-state index contributed by atoms with van der Waals surface area (Å²) in [5, 5.41) is 9.75. The Labute approximate surface area is 190 Å². The average molecular weight is 477 g/mol. The van der Waals surface area contributed by atoms with Crippen molar-refractivity contribution in [2.24, 2.45) is 0 Å². The van der Waals surface area contributed by atoms with Gasteiger partial charge in [-0.1, -0.05) is 49.6 Å². The summed E-state index contributed by atoms with van der Waals surface area (Å²) >= 11 is 0. The smallest absolute Gasteiger partial charge is 0.412 e. The van der Waals surface area contributed by atoms with E-state index in [-0.39, 0.29) is 5.60 Å². The van der Waals surface area contributed by atoms with Crippen LogP contribution in [-0.2, 0) is 6.42 Å². The molecule has 1 aromatic rings. The van der Waals surface area contributed by atoms with E-state index in [1.54, 1.807) is 41.4 Å². The molecule has 9 heteroatoms. The average Bonchev–Trinajstić information content (AvgIpc) is 3.00. The molecule has 0 saturated heterocycles. The minimum atomic E-state index is -0.954. The van der Waals surface area contributed by atoms with Gasteiger partial charge >= 0.3 is 6.09 Å². The zero-order valence-electron chi connectivity index (χ0n) is 17.7. The highest BCUT2D eigenvalue weighted by atomic mass is 33.7. The van der Waals surface area contributed by atoms with Crippen molar-refractivity contribution in [3.05, 3.63) is 23.8 Å². The number of rotatable bonds is 13. The lowest BCUT2D eigenvalue weighted by molar-refractivity contribution is 0.138. The molecule has 0 fully saturated rings. The number of para-hydroxylation sites is 1. The number of benzene rings is 1. The third kappa shape index (κ3) is 8.01. The number of nitrogens with zero attached hydrogens (tertiary/aromatic N) is 2. The fourth-order valence-corrected chi connectivity index (χ4v) is 8.81. The second kappa shape index (κ2) is 12.5. The first-order valence-electron chi connectivity index (χ1n) is 10.1. The van der Waals surface area contributed by atoms with Crippen molar-refractivity contribution in [1.82, 2.24) is 4.31 Å². The molecule has 1 amide bonds. The van der Waals surface area contributed by atoms with Crippen LogP contribution in [-0.4, -0.2) is 40.1 Å². The van der Waals surface area contributed by atoms with Crippen molar-refractivity contribution in [2.45, 2.75) is 65.4 Å². The summed E-state index contributed by atoms with van der Waals surface area (Å²) in [7, 11) is 6.66. The van der Waals surface area contributed by atoms with Crippen LogP contribution in [0.4, 0.5) is 10.5 Å². The molecule has 1 aliphatic rings. The van der Waals surface area contributed by atoms with E-state index in [0.29, 0.717) is 17.3 Å². The topological polar surface area (TPSA) is 53.0 Å². The van der Waals surface area contributed by atoms with Crippen LogP contribution in [0.1, 0.15) is 58.9 Å². The molecule has 0 unspecified atom stereocenters. The lowest BCUT2D eigenvalue weighted by atomic mass is 10.0. The maximum Gasteiger partial charge on any atom is 0.412 e. The highest BCUT2D eigenvalue weighted by Gasteiger charge is 2.34. The maximum absolute atomic E-state index is 11.9. The summed E-state index contributed by atoms with van der Waals surface area (Å²) in [6.07, 6.45) is 4.65. The quantitative estimate of drug-likeness (QED) is 0.137. The third-order valence-electron chi connectivity index (χ3n) is 4.51. The number of carboxylic acid groups (broad SMARTS) is 1. The first-order valence-corrected chi connectivity index (χ1v) is 15.0. The van der Waals surface area contributed by atoms with Gasteiger partial charge in [0.05, 0.1) is 11.6 Å². The fraction of sp³-hybridized carbons (Fsp3) is 0.650. The SMILES string of the molecule is CCCCN(CCCC)SSSSCN(C(=O)O)c1cccc2c1OC(C)(C)C2. The number of hydrogen-bond acceptors (Lipinski definition) is 7. The van der Waals surface area contributed by atoms with Gasteiger partial charge < -0.3 is 9.84 Å². The molecule has 164 valence electrons. The Hall–Kier alpha value is -0.350. The highest BCUT2D eigenvalue weighted by molar-refractivity contribution is 9.25. The predicted molar refractivity (Wildman–Crippen MR) is 132 cm³/mol. The molecule has 1 aromatic carbocycles. The molecule has 29 heavy (non-hydrogen) atoms. The molecule has 0 aromatic heterocycles. The van der Waals surface area contributed by atoms with Gasteiger partial charge in [-0.3, -0.25) is 4.90 Å². The van der Waals surface area contributed by atoms with E-state index >= 15 is 0 Å². The number of carbonyl (C=O) groups is 1. The minimum Gasteiger partial charge on any atom is -0.485 e. The van der Waals surface area contributed by atoms with Crippen LogP contribution >= 0.6 is 41.4 Å². The molecule has 0 atom stereocenters. The Kier molecular flexibility index (Phi) is 10.7. The van der Waals surface area contributed by atoms with E-state index in [1.807, 2.05) is 32.0 Å². The van der Waals surface area contributed by atoms with Crippen LogP contribution in [0.15, 0.2) is 18.2 Å². The second-order valence-corrected chi connectivity index (χ2v) is 13.5. The first-order chi connectivity index (χ1) is 13.9. The monoisotopic (exact) mass is 476 g/mol. The van der Waals surface area contributed by atoms with Crippen LogP contribution in [0.5, 0.6) is 5.75 Å². The molecule has 0 spiro atoms. The molecule has 1 N–H and O–H groups in total. The zero-order valence-corrected chi connectivity index (χ0v) is 20.9. The van der Waals surface area contributed by atoms with Crippen molar-refractivity contribution < 1.29 is 14.6 Å². The van der Waals surface area contributed by atoms with Gasteiger partial charge in [-0.05, 0) is 42.6 Å². The lowest BCUT2D eigenvalue weighted by Crippen LogP contribution is -2.29. The first kappa shape index (κ1) is 24.9. The van der Waals surface area contributed by atoms with Crippen molar-refractivity contribution in [1.29, 1.82) is 0 Å². The van der Waals surface area contributed by atoms with Gasteiger partial charge in [-0.2, -0.15) is 0 Å². The fourth-order valence-electron chi connectivity index (χ4n) is 3.04. The van der Waals surface area contributed by atoms with E-state index in [2.05, 4.69) is 18.2 Å². The van der Waals surface area contributed by atoms with Crippen LogP contribution in [0.25, 0.3) is 0 Å². The van der Waals surface area contributed by atoms with Crippen molar-refractivity contribution in [2.75, 3.05) is 23.9 Å². The largest absolute Gasteiger partial charge is 0.485 e. The van der Waals surface area contributed by atoms with Gasteiger partial charge in [0.1, 0.15) is 11.4 Å². The minimum absolute atomic E-state index is 0.294. The number of amides is 1. The van der Waals surface area contributed by atoms with Gasteiger partial charge in [-0.25, -0.2) is 9.10 Å². The van der Waals surface area contributed by atoms with Crippen molar-refractivity contribution in [3.8, 4) is 5.75 Å². The Morgan fingerprint density at radius 2 is 1.86 bits per heavy atom. The Morgan fingerprint density at radius 1 is 1.17 bits per heavy atom. The van der Waals surface area contributed by atoms with Gasteiger partial charge in [0.25, 0.3) is 0 Å². The van der Waals surface area contributed by atoms with Crippen molar-refractivity contribution in [3.63, 3.8) is 0 Å².